The van der Waals surface area contributed by atoms with Crippen molar-refractivity contribution in [3.63, 3.8) is 0 Å². The third kappa shape index (κ3) is 3.33. The molecule has 1 aliphatic heterocycles. The molecule has 4 heteroatoms. The molecule has 1 N–H and O–H groups in total. The molecule has 1 aliphatic rings. The second-order valence-corrected chi connectivity index (χ2v) is 7.14. The Morgan fingerprint density at radius 3 is 2.69 bits per heavy atom. The van der Waals surface area contributed by atoms with Crippen molar-refractivity contribution >= 4 is 16.9 Å². The number of nitrogens with zero attached hydrogens (tertiary/aromatic N) is 2. The van der Waals surface area contributed by atoms with E-state index in [1.165, 1.54) is 5.56 Å². The van der Waals surface area contributed by atoms with E-state index in [2.05, 4.69) is 34.1 Å². The highest BCUT2D eigenvalue weighted by Gasteiger charge is 2.38. The van der Waals surface area contributed by atoms with Crippen LogP contribution in [0.25, 0.3) is 10.9 Å². The standard InChI is InChI=1S/C22H22N2O2/c1-15-7-9-18-11-16(8-10-21(18)23-15)12-24-13-19(20(14-24)22(25)26)17-5-3-2-4-6-17/h2-11,19-20H,12-14H2,1H3,(H,25,26)/t19-,20+/m1/s1. The lowest BCUT2D eigenvalue weighted by molar-refractivity contribution is -0.141. The molecule has 4 nitrogen and oxygen atoms in total. The fourth-order valence-corrected chi connectivity index (χ4v) is 3.94. The van der Waals surface area contributed by atoms with Gasteiger partial charge in [-0.15, -0.1) is 0 Å². The minimum atomic E-state index is -0.709. The third-order valence-electron chi connectivity index (χ3n) is 5.24. The fourth-order valence-electron chi connectivity index (χ4n) is 3.94. The number of carboxylic acid groups (broad SMARTS) is 1. The van der Waals surface area contributed by atoms with Crippen LogP contribution in [-0.4, -0.2) is 34.0 Å². The highest BCUT2D eigenvalue weighted by Crippen LogP contribution is 2.33. The average Bonchev–Trinajstić information content (AvgIpc) is 3.07. The Morgan fingerprint density at radius 2 is 1.92 bits per heavy atom. The zero-order chi connectivity index (χ0) is 18.1. The summed E-state index contributed by atoms with van der Waals surface area (Å²) in [6.45, 7) is 4.11. The molecule has 2 aromatic carbocycles. The lowest BCUT2D eigenvalue weighted by Crippen LogP contribution is -2.23. The molecule has 4 rings (SSSR count). The van der Waals surface area contributed by atoms with Gasteiger partial charge in [0.1, 0.15) is 0 Å². The molecule has 1 saturated heterocycles. The Balaban J connectivity index is 1.55. The van der Waals surface area contributed by atoms with Gasteiger partial charge >= 0.3 is 5.97 Å². The summed E-state index contributed by atoms with van der Waals surface area (Å²) in [5, 5.41) is 10.8. The molecule has 0 unspecified atom stereocenters. The zero-order valence-corrected chi connectivity index (χ0v) is 14.8. The Kier molecular flexibility index (Phi) is 4.43. The molecular weight excluding hydrogens is 324 g/mol. The lowest BCUT2D eigenvalue weighted by atomic mass is 9.89. The van der Waals surface area contributed by atoms with Crippen molar-refractivity contribution < 1.29 is 9.90 Å². The molecule has 0 spiro atoms. The molecule has 0 saturated carbocycles. The van der Waals surface area contributed by atoms with Gasteiger partial charge in [0.2, 0.25) is 0 Å². The van der Waals surface area contributed by atoms with Crippen molar-refractivity contribution in [3.8, 4) is 0 Å². The van der Waals surface area contributed by atoms with E-state index < -0.39 is 5.97 Å². The van der Waals surface area contributed by atoms with E-state index in [9.17, 15) is 9.90 Å². The van der Waals surface area contributed by atoms with Crippen LogP contribution in [0.2, 0.25) is 0 Å². The first kappa shape index (κ1) is 16.7. The van der Waals surface area contributed by atoms with Crippen molar-refractivity contribution in [3.05, 3.63) is 77.5 Å². The van der Waals surface area contributed by atoms with Crippen LogP contribution in [0.5, 0.6) is 0 Å². The highest BCUT2D eigenvalue weighted by molar-refractivity contribution is 5.79. The van der Waals surface area contributed by atoms with Gasteiger partial charge in [-0.1, -0.05) is 42.5 Å². The predicted octanol–water partition coefficient (Wildman–Crippen LogP) is 3.84. The van der Waals surface area contributed by atoms with E-state index in [0.29, 0.717) is 6.54 Å². The van der Waals surface area contributed by atoms with Crippen molar-refractivity contribution in [1.82, 2.24) is 9.88 Å². The van der Waals surface area contributed by atoms with Crippen molar-refractivity contribution in [2.75, 3.05) is 13.1 Å². The van der Waals surface area contributed by atoms with Gasteiger partial charge in [-0.25, -0.2) is 0 Å². The second-order valence-electron chi connectivity index (χ2n) is 7.14. The number of fused-ring (bicyclic) bond motifs is 1. The zero-order valence-electron chi connectivity index (χ0n) is 14.8. The molecule has 0 bridgehead atoms. The van der Waals surface area contributed by atoms with E-state index in [4.69, 9.17) is 0 Å². The number of aryl methyl sites for hydroxylation is 1. The summed E-state index contributed by atoms with van der Waals surface area (Å²) in [5.41, 5.74) is 4.32. The number of hydrogen-bond acceptors (Lipinski definition) is 3. The minimum Gasteiger partial charge on any atom is -0.481 e. The van der Waals surface area contributed by atoms with Gasteiger partial charge < -0.3 is 5.11 Å². The average molecular weight is 346 g/mol. The van der Waals surface area contributed by atoms with Gasteiger partial charge in [0.25, 0.3) is 0 Å². The van der Waals surface area contributed by atoms with Gasteiger partial charge in [0.15, 0.2) is 0 Å². The number of rotatable bonds is 4. The van der Waals surface area contributed by atoms with Crippen LogP contribution < -0.4 is 0 Å². The predicted molar refractivity (Wildman–Crippen MR) is 102 cm³/mol. The van der Waals surface area contributed by atoms with E-state index in [0.717, 1.165) is 35.2 Å². The Labute approximate surface area is 153 Å². The van der Waals surface area contributed by atoms with Gasteiger partial charge in [0, 0.05) is 36.6 Å². The lowest BCUT2D eigenvalue weighted by Gasteiger charge is -2.16. The summed E-state index contributed by atoms with van der Waals surface area (Å²) in [7, 11) is 0. The van der Waals surface area contributed by atoms with Crippen LogP contribution >= 0.6 is 0 Å². The number of carboxylic acids is 1. The van der Waals surface area contributed by atoms with E-state index in [1.54, 1.807) is 0 Å². The number of carbonyl (C=O) groups is 1. The van der Waals surface area contributed by atoms with Gasteiger partial charge in [-0.05, 0) is 36.2 Å². The highest BCUT2D eigenvalue weighted by atomic mass is 16.4. The molecule has 2 atom stereocenters. The number of likely N-dealkylation sites (tertiary alicyclic amines) is 1. The summed E-state index contributed by atoms with van der Waals surface area (Å²) in [6, 6.07) is 20.4. The summed E-state index contributed by atoms with van der Waals surface area (Å²) in [5.74, 6) is -1.03. The quantitative estimate of drug-likeness (QED) is 0.780. The first-order chi connectivity index (χ1) is 12.6. The summed E-state index contributed by atoms with van der Waals surface area (Å²) >= 11 is 0. The first-order valence-corrected chi connectivity index (χ1v) is 8.96. The monoisotopic (exact) mass is 346 g/mol. The maximum Gasteiger partial charge on any atom is 0.308 e. The molecule has 0 amide bonds. The second kappa shape index (κ2) is 6.89. The molecule has 2 heterocycles. The van der Waals surface area contributed by atoms with Gasteiger partial charge in [0.05, 0.1) is 11.4 Å². The molecule has 0 aliphatic carbocycles. The molecule has 26 heavy (non-hydrogen) atoms. The molecule has 1 fully saturated rings. The molecular formula is C22H22N2O2. The SMILES string of the molecule is Cc1ccc2cc(CN3C[C@H](C(=O)O)[C@@H](c4ccccc4)C3)ccc2n1. The molecule has 3 aromatic rings. The summed E-state index contributed by atoms with van der Waals surface area (Å²) < 4.78 is 0. The largest absolute Gasteiger partial charge is 0.481 e. The maximum absolute atomic E-state index is 11.8. The van der Waals surface area contributed by atoms with Crippen molar-refractivity contribution in [2.45, 2.75) is 19.4 Å². The van der Waals surface area contributed by atoms with E-state index in [-0.39, 0.29) is 11.8 Å². The third-order valence-corrected chi connectivity index (χ3v) is 5.24. The number of hydrogen-bond donors (Lipinski definition) is 1. The number of aromatic nitrogens is 1. The molecule has 132 valence electrons. The molecule has 0 radical (unpaired) electrons. The number of pyridine rings is 1. The maximum atomic E-state index is 11.8. The first-order valence-electron chi connectivity index (χ1n) is 8.96. The Bertz CT molecular complexity index is 939. The van der Waals surface area contributed by atoms with Crippen LogP contribution in [0.3, 0.4) is 0 Å². The fraction of sp³-hybridized carbons (Fsp3) is 0.273. The number of aliphatic carboxylic acids is 1. The van der Waals surface area contributed by atoms with Crippen molar-refractivity contribution in [1.29, 1.82) is 0 Å². The number of benzene rings is 2. The minimum absolute atomic E-state index is 0.0403. The summed E-state index contributed by atoms with van der Waals surface area (Å²) in [4.78, 5) is 18.5. The van der Waals surface area contributed by atoms with E-state index in [1.807, 2.05) is 43.3 Å². The normalized spacial score (nSPS) is 20.5. The van der Waals surface area contributed by atoms with Crippen LogP contribution in [0.4, 0.5) is 0 Å². The Hall–Kier alpha value is -2.72. The smallest absolute Gasteiger partial charge is 0.308 e. The van der Waals surface area contributed by atoms with Crippen molar-refractivity contribution in [2.24, 2.45) is 5.92 Å². The van der Waals surface area contributed by atoms with Crippen LogP contribution in [-0.2, 0) is 11.3 Å². The summed E-state index contributed by atoms with van der Waals surface area (Å²) in [6.07, 6.45) is 0. The van der Waals surface area contributed by atoms with Gasteiger partial charge in [-0.2, -0.15) is 0 Å². The topological polar surface area (TPSA) is 53.4 Å². The molecule has 1 aromatic heterocycles. The van der Waals surface area contributed by atoms with Gasteiger partial charge in [-0.3, -0.25) is 14.7 Å². The Morgan fingerprint density at radius 1 is 1.12 bits per heavy atom. The van der Waals surface area contributed by atoms with Crippen LogP contribution in [0.1, 0.15) is 22.7 Å². The van der Waals surface area contributed by atoms with E-state index >= 15 is 0 Å². The van der Waals surface area contributed by atoms with Crippen LogP contribution in [0.15, 0.2) is 60.7 Å². The van der Waals surface area contributed by atoms with Crippen LogP contribution in [0, 0.1) is 12.8 Å².